The lowest BCUT2D eigenvalue weighted by molar-refractivity contribution is 0.392. The Kier molecular flexibility index (Phi) is 4.67. The van der Waals surface area contributed by atoms with Gasteiger partial charge in [0.1, 0.15) is 5.76 Å². The average molecular weight is 308 g/mol. The Balaban J connectivity index is 2.26. The maximum absolute atomic E-state index is 12.3. The summed E-state index contributed by atoms with van der Waals surface area (Å²) >= 11 is 0. The molecule has 0 fully saturated rings. The molecule has 5 nitrogen and oxygen atoms in total. The fourth-order valence-corrected chi connectivity index (χ4v) is 3.72. The number of nitrogens with one attached hydrogen (secondary N) is 1. The van der Waals surface area contributed by atoms with Crippen LogP contribution in [-0.2, 0) is 16.4 Å². The summed E-state index contributed by atoms with van der Waals surface area (Å²) in [5.74, 6) is 0.894. The molecule has 0 radical (unpaired) electrons. The van der Waals surface area contributed by atoms with Crippen LogP contribution in [0, 0.1) is 13.8 Å². The van der Waals surface area contributed by atoms with E-state index >= 15 is 0 Å². The zero-order chi connectivity index (χ0) is 15.5. The molecule has 0 aliphatic carbocycles. The molecule has 0 atom stereocenters. The van der Waals surface area contributed by atoms with Crippen molar-refractivity contribution in [2.24, 2.45) is 0 Å². The Morgan fingerprint density at radius 3 is 2.57 bits per heavy atom. The largest absolute Gasteiger partial charge is 0.380 e. The average Bonchev–Trinajstić information content (AvgIpc) is 2.76. The molecule has 1 heterocycles. The van der Waals surface area contributed by atoms with Gasteiger partial charge < -0.3 is 9.84 Å². The second-order valence-corrected chi connectivity index (χ2v) is 7.05. The first-order chi connectivity index (χ1) is 9.95. The second kappa shape index (κ2) is 6.30. The standard InChI is InChI=1S/C15H20N2O3S/c1-4-9-21(18,19)15-8-6-5-7-14(15)16-10-13-11(2)17-20-12(13)3/h5-8,16H,4,9-10H2,1-3H3. The number of rotatable bonds is 6. The monoisotopic (exact) mass is 308 g/mol. The fraction of sp³-hybridized carbons (Fsp3) is 0.400. The topological polar surface area (TPSA) is 72.2 Å². The van der Waals surface area contributed by atoms with E-state index in [9.17, 15) is 8.42 Å². The smallest absolute Gasteiger partial charge is 0.180 e. The van der Waals surface area contributed by atoms with Gasteiger partial charge in [0.15, 0.2) is 9.84 Å². The van der Waals surface area contributed by atoms with E-state index in [2.05, 4.69) is 10.5 Å². The Bertz CT molecular complexity index is 701. The molecule has 0 unspecified atom stereocenters. The van der Waals surface area contributed by atoms with Crippen molar-refractivity contribution in [2.75, 3.05) is 11.1 Å². The van der Waals surface area contributed by atoms with Gasteiger partial charge in [0.2, 0.25) is 0 Å². The molecular formula is C15H20N2O3S. The van der Waals surface area contributed by atoms with Gasteiger partial charge in [-0.2, -0.15) is 0 Å². The van der Waals surface area contributed by atoms with Crippen LogP contribution < -0.4 is 5.32 Å². The van der Waals surface area contributed by atoms with Crippen molar-refractivity contribution in [3.05, 3.63) is 41.3 Å². The van der Waals surface area contributed by atoms with Crippen molar-refractivity contribution < 1.29 is 12.9 Å². The van der Waals surface area contributed by atoms with Gasteiger partial charge in [-0.3, -0.25) is 0 Å². The Hall–Kier alpha value is -1.82. The first-order valence-electron chi connectivity index (χ1n) is 6.93. The molecule has 2 rings (SSSR count). The molecule has 0 saturated heterocycles. The summed E-state index contributed by atoms with van der Waals surface area (Å²) in [6.45, 7) is 6.06. The number of aryl methyl sites for hydroxylation is 2. The molecule has 0 aliphatic rings. The van der Waals surface area contributed by atoms with Gasteiger partial charge in [0.05, 0.1) is 22.0 Å². The van der Waals surface area contributed by atoms with E-state index in [0.717, 1.165) is 17.0 Å². The van der Waals surface area contributed by atoms with Crippen molar-refractivity contribution in [2.45, 2.75) is 38.6 Å². The maximum atomic E-state index is 12.3. The molecule has 1 aromatic heterocycles. The molecule has 0 amide bonds. The van der Waals surface area contributed by atoms with Crippen LogP contribution in [0.1, 0.15) is 30.4 Å². The van der Waals surface area contributed by atoms with Gasteiger partial charge >= 0.3 is 0 Å². The number of hydrogen-bond donors (Lipinski definition) is 1. The van der Waals surface area contributed by atoms with Gasteiger partial charge in [-0.05, 0) is 32.4 Å². The maximum Gasteiger partial charge on any atom is 0.180 e. The fourth-order valence-electron chi connectivity index (χ4n) is 2.20. The SMILES string of the molecule is CCCS(=O)(=O)c1ccccc1NCc1c(C)noc1C. The molecule has 0 aliphatic heterocycles. The van der Waals surface area contributed by atoms with Gasteiger partial charge in [-0.1, -0.05) is 24.2 Å². The van der Waals surface area contributed by atoms with Crippen LogP contribution in [0.2, 0.25) is 0 Å². The highest BCUT2D eigenvalue weighted by Gasteiger charge is 2.18. The van der Waals surface area contributed by atoms with Crippen molar-refractivity contribution in [1.29, 1.82) is 0 Å². The van der Waals surface area contributed by atoms with Crippen LogP contribution >= 0.6 is 0 Å². The first-order valence-corrected chi connectivity index (χ1v) is 8.58. The molecular weight excluding hydrogens is 288 g/mol. The van der Waals surface area contributed by atoms with Crippen molar-refractivity contribution >= 4 is 15.5 Å². The zero-order valence-corrected chi connectivity index (χ0v) is 13.3. The molecule has 0 saturated carbocycles. The summed E-state index contributed by atoms with van der Waals surface area (Å²) in [7, 11) is -3.25. The third-order valence-electron chi connectivity index (χ3n) is 3.33. The number of hydrogen-bond acceptors (Lipinski definition) is 5. The van der Waals surface area contributed by atoms with Crippen LogP contribution in [-0.4, -0.2) is 19.3 Å². The second-order valence-electron chi connectivity index (χ2n) is 4.97. The van der Waals surface area contributed by atoms with Crippen LogP contribution in [0.25, 0.3) is 0 Å². The molecule has 0 spiro atoms. The minimum atomic E-state index is -3.25. The van der Waals surface area contributed by atoms with Crippen LogP contribution in [0.3, 0.4) is 0 Å². The van der Waals surface area contributed by atoms with E-state index in [1.807, 2.05) is 26.8 Å². The number of benzene rings is 1. The summed E-state index contributed by atoms with van der Waals surface area (Å²) in [6.07, 6.45) is 0.598. The van der Waals surface area contributed by atoms with Crippen LogP contribution in [0.15, 0.2) is 33.7 Å². The third-order valence-corrected chi connectivity index (χ3v) is 5.30. The zero-order valence-electron chi connectivity index (χ0n) is 12.5. The van der Waals surface area contributed by atoms with Crippen LogP contribution in [0.4, 0.5) is 5.69 Å². The Labute approximate surface area is 125 Å². The molecule has 1 N–H and O–H groups in total. The van der Waals surface area contributed by atoms with E-state index < -0.39 is 9.84 Å². The minimum Gasteiger partial charge on any atom is -0.380 e. The first kappa shape index (κ1) is 15.6. The van der Waals surface area contributed by atoms with E-state index in [-0.39, 0.29) is 5.75 Å². The molecule has 6 heteroatoms. The van der Waals surface area contributed by atoms with E-state index in [1.54, 1.807) is 18.2 Å². The lowest BCUT2D eigenvalue weighted by atomic mass is 10.2. The molecule has 2 aromatic rings. The Morgan fingerprint density at radius 2 is 1.95 bits per heavy atom. The molecule has 1 aromatic carbocycles. The summed E-state index contributed by atoms with van der Waals surface area (Å²) in [5.41, 5.74) is 2.39. The highest BCUT2D eigenvalue weighted by Crippen LogP contribution is 2.24. The summed E-state index contributed by atoms with van der Waals surface area (Å²) < 4.78 is 29.7. The van der Waals surface area contributed by atoms with Crippen molar-refractivity contribution in [3.8, 4) is 0 Å². The number of sulfone groups is 1. The van der Waals surface area contributed by atoms with Gasteiger partial charge in [-0.25, -0.2) is 8.42 Å². The summed E-state index contributed by atoms with van der Waals surface area (Å²) in [6, 6.07) is 6.98. The van der Waals surface area contributed by atoms with Crippen LogP contribution in [0.5, 0.6) is 0 Å². The highest BCUT2D eigenvalue weighted by atomic mass is 32.2. The predicted octanol–water partition coefficient (Wildman–Crippen LogP) is 3.09. The van der Waals surface area contributed by atoms with E-state index in [4.69, 9.17) is 4.52 Å². The molecule has 114 valence electrons. The number of nitrogens with zero attached hydrogens (tertiary/aromatic N) is 1. The Morgan fingerprint density at radius 1 is 1.24 bits per heavy atom. The third kappa shape index (κ3) is 3.44. The summed E-state index contributed by atoms with van der Waals surface area (Å²) in [5, 5.41) is 7.08. The van der Waals surface area contributed by atoms with Crippen molar-refractivity contribution in [1.82, 2.24) is 5.16 Å². The lowest BCUT2D eigenvalue weighted by Gasteiger charge is -2.12. The number of aromatic nitrogens is 1. The minimum absolute atomic E-state index is 0.150. The lowest BCUT2D eigenvalue weighted by Crippen LogP contribution is -2.10. The quantitative estimate of drug-likeness (QED) is 0.888. The number of anilines is 1. The molecule has 0 bridgehead atoms. The van der Waals surface area contributed by atoms with Gasteiger partial charge in [0, 0.05) is 12.1 Å². The summed E-state index contributed by atoms with van der Waals surface area (Å²) in [4.78, 5) is 0.346. The van der Waals surface area contributed by atoms with E-state index in [1.165, 1.54) is 0 Å². The predicted molar refractivity (Wildman–Crippen MR) is 82.1 cm³/mol. The molecule has 21 heavy (non-hydrogen) atoms. The van der Waals surface area contributed by atoms with E-state index in [0.29, 0.717) is 23.5 Å². The van der Waals surface area contributed by atoms with Crippen molar-refractivity contribution in [3.63, 3.8) is 0 Å². The number of para-hydroxylation sites is 1. The van der Waals surface area contributed by atoms with Gasteiger partial charge in [-0.15, -0.1) is 0 Å². The normalized spacial score (nSPS) is 11.6. The van der Waals surface area contributed by atoms with Gasteiger partial charge in [0.25, 0.3) is 0 Å². The highest BCUT2D eigenvalue weighted by molar-refractivity contribution is 7.91.